The zero-order chi connectivity index (χ0) is 18.5. The van der Waals surface area contributed by atoms with Gasteiger partial charge in [0, 0.05) is 30.5 Å². The van der Waals surface area contributed by atoms with Gasteiger partial charge in [0.15, 0.2) is 4.34 Å². The normalized spacial score (nSPS) is 16.8. The predicted molar refractivity (Wildman–Crippen MR) is 103 cm³/mol. The molecule has 7 nitrogen and oxygen atoms in total. The molecule has 1 aliphatic heterocycles. The van der Waals surface area contributed by atoms with Gasteiger partial charge in [0.2, 0.25) is 16.9 Å². The number of nitrogens with one attached hydrogen (secondary N) is 1. The number of nitrogens with zero attached hydrogens (tertiary/aromatic N) is 3. The predicted octanol–water partition coefficient (Wildman–Crippen LogP) is 3.04. The van der Waals surface area contributed by atoms with Crippen molar-refractivity contribution in [2.45, 2.75) is 24.1 Å². The van der Waals surface area contributed by atoms with Gasteiger partial charge in [-0.2, -0.15) is 0 Å². The first-order chi connectivity index (χ1) is 12.6. The van der Waals surface area contributed by atoms with Crippen molar-refractivity contribution in [3.8, 4) is 5.75 Å². The molecule has 0 spiro atoms. The van der Waals surface area contributed by atoms with Crippen LogP contribution in [0.4, 0.5) is 10.8 Å². The highest BCUT2D eigenvalue weighted by Gasteiger charge is 2.35. The number of carbonyl (C=O) groups excluding carboxylic acids is 2. The van der Waals surface area contributed by atoms with Crippen LogP contribution in [0.5, 0.6) is 5.75 Å². The molecule has 138 valence electrons. The summed E-state index contributed by atoms with van der Waals surface area (Å²) >= 11 is 2.98. The number of rotatable bonds is 7. The topological polar surface area (TPSA) is 84.4 Å². The standard InChI is InChI=1S/C17H20N4O3S2/c1-3-7-25-17-20-19-16(26-17)18-15(23)11-8-14(22)21(10-11)12-5-4-6-13(9-12)24-2/h4-6,9,11H,3,7-8,10H2,1-2H3,(H,18,19,23)/t11-/m0/s1. The van der Waals surface area contributed by atoms with Gasteiger partial charge < -0.3 is 15.0 Å². The molecule has 1 aromatic heterocycles. The molecule has 1 saturated heterocycles. The first kappa shape index (κ1) is 18.7. The number of methoxy groups -OCH3 is 1. The van der Waals surface area contributed by atoms with Gasteiger partial charge in [0.25, 0.3) is 0 Å². The molecule has 9 heteroatoms. The average molecular weight is 393 g/mol. The van der Waals surface area contributed by atoms with E-state index >= 15 is 0 Å². The number of hydrogen-bond acceptors (Lipinski definition) is 7. The molecule has 2 amide bonds. The van der Waals surface area contributed by atoms with Crippen molar-refractivity contribution in [1.29, 1.82) is 0 Å². The Kier molecular flexibility index (Phi) is 6.10. The first-order valence-corrected chi connectivity index (χ1v) is 10.1. The number of carbonyl (C=O) groups is 2. The fourth-order valence-corrected chi connectivity index (χ4v) is 4.31. The van der Waals surface area contributed by atoms with Crippen LogP contribution in [0, 0.1) is 5.92 Å². The van der Waals surface area contributed by atoms with Crippen LogP contribution in [0.2, 0.25) is 0 Å². The fourth-order valence-electron chi connectivity index (χ4n) is 2.63. The van der Waals surface area contributed by atoms with Crippen LogP contribution < -0.4 is 15.0 Å². The third-order valence-corrected chi connectivity index (χ3v) is 6.10. The second-order valence-electron chi connectivity index (χ2n) is 5.82. The van der Waals surface area contributed by atoms with Crippen molar-refractivity contribution in [2.75, 3.05) is 29.6 Å². The van der Waals surface area contributed by atoms with Crippen molar-refractivity contribution in [3.05, 3.63) is 24.3 Å². The van der Waals surface area contributed by atoms with Gasteiger partial charge in [-0.15, -0.1) is 10.2 Å². The minimum absolute atomic E-state index is 0.0742. The maximum atomic E-state index is 12.5. The Bertz CT molecular complexity index is 796. The highest BCUT2D eigenvalue weighted by atomic mass is 32.2. The molecule has 1 aliphatic rings. The van der Waals surface area contributed by atoms with E-state index in [9.17, 15) is 9.59 Å². The van der Waals surface area contributed by atoms with E-state index in [2.05, 4.69) is 22.4 Å². The highest BCUT2D eigenvalue weighted by Crippen LogP contribution is 2.30. The summed E-state index contributed by atoms with van der Waals surface area (Å²) in [7, 11) is 1.58. The van der Waals surface area contributed by atoms with Gasteiger partial charge in [-0.3, -0.25) is 9.59 Å². The summed E-state index contributed by atoms with van der Waals surface area (Å²) in [6.45, 7) is 2.44. The van der Waals surface area contributed by atoms with Crippen LogP contribution in [-0.2, 0) is 9.59 Å². The van der Waals surface area contributed by atoms with E-state index in [1.165, 1.54) is 11.3 Å². The third kappa shape index (κ3) is 4.34. The Hall–Kier alpha value is -2.13. The zero-order valence-corrected chi connectivity index (χ0v) is 16.2. The summed E-state index contributed by atoms with van der Waals surface area (Å²) in [5, 5.41) is 11.3. The van der Waals surface area contributed by atoms with E-state index in [1.807, 2.05) is 18.2 Å². The maximum Gasteiger partial charge on any atom is 0.231 e. The summed E-state index contributed by atoms with van der Waals surface area (Å²) < 4.78 is 6.04. The summed E-state index contributed by atoms with van der Waals surface area (Å²) in [6, 6.07) is 7.27. The van der Waals surface area contributed by atoms with Gasteiger partial charge in [0.1, 0.15) is 5.75 Å². The zero-order valence-electron chi connectivity index (χ0n) is 14.6. The highest BCUT2D eigenvalue weighted by molar-refractivity contribution is 8.01. The average Bonchev–Trinajstić information content (AvgIpc) is 3.26. The van der Waals surface area contributed by atoms with Crippen LogP contribution in [0.25, 0.3) is 0 Å². The minimum atomic E-state index is -0.413. The van der Waals surface area contributed by atoms with Gasteiger partial charge in [-0.25, -0.2) is 0 Å². The quantitative estimate of drug-likeness (QED) is 0.576. The number of ether oxygens (including phenoxy) is 1. The number of aromatic nitrogens is 2. The lowest BCUT2D eigenvalue weighted by Gasteiger charge is -2.17. The molecular weight excluding hydrogens is 372 g/mol. The molecule has 2 heterocycles. The molecule has 26 heavy (non-hydrogen) atoms. The largest absolute Gasteiger partial charge is 0.497 e. The van der Waals surface area contributed by atoms with Crippen LogP contribution >= 0.6 is 23.1 Å². The molecule has 0 aliphatic carbocycles. The van der Waals surface area contributed by atoms with Crippen LogP contribution in [0.3, 0.4) is 0 Å². The SMILES string of the molecule is CCCSc1nnc(NC(=O)[C@H]2CC(=O)N(c3cccc(OC)c3)C2)s1. The number of anilines is 2. The van der Waals surface area contributed by atoms with E-state index in [4.69, 9.17) is 4.74 Å². The third-order valence-electron chi connectivity index (χ3n) is 3.93. The van der Waals surface area contributed by atoms with Crippen molar-refractivity contribution in [3.63, 3.8) is 0 Å². The van der Waals surface area contributed by atoms with Crippen LogP contribution in [-0.4, -0.2) is 41.4 Å². The number of hydrogen-bond donors (Lipinski definition) is 1. The molecule has 1 N–H and O–H groups in total. The lowest BCUT2D eigenvalue weighted by Crippen LogP contribution is -2.28. The summed E-state index contributed by atoms with van der Waals surface area (Å²) in [4.78, 5) is 26.5. The monoisotopic (exact) mass is 392 g/mol. The van der Waals surface area contributed by atoms with Crippen molar-refractivity contribution < 1.29 is 14.3 Å². The van der Waals surface area contributed by atoms with E-state index in [0.29, 0.717) is 17.4 Å². The van der Waals surface area contributed by atoms with E-state index < -0.39 is 5.92 Å². The fraction of sp³-hybridized carbons (Fsp3) is 0.412. The van der Waals surface area contributed by atoms with Crippen molar-refractivity contribution in [2.24, 2.45) is 5.92 Å². The lowest BCUT2D eigenvalue weighted by atomic mass is 10.1. The molecule has 3 rings (SSSR count). The number of benzene rings is 1. The number of thioether (sulfide) groups is 1. The van der Waals surface area contributed by atoms with Crippen molar-refractivity contribution in [1.82, 2.24) is 10.2 Å². The van der Waals surface area contributed by atoms with Gasteiger partial charge in [-0.05, 0) is 18.6 Å². The Morgan fingerprint density at radius 3 is 3.08 bits per heavy atom. The van der Waals surface area contributed by atoms with E-state index in [-0.39, 0.29) is 18.2 Å². The Morgan fingerprint density at radius 1 is 1.46 bits per heavy atom. The van der Waals surface area contributed by atoms with Crippen LogP contribution in [0.1, 0.15) is 19.8 Å². The van der Waals surface area contributed by atoms with E-state index in [1.54, 1.807) is 29.8 Å². The van der Waals surface area contributed by atoms with E-state index in [0.717, 1.165) is 22.2 Å². The summed E-state index contributed by atoms with van der Waals surface area (Å²) in [5.41, 5.74) is 0.735. The second kappa shape index (κ2) is 8.50. The Balaban J connectivity index is 1.62. The smallest absolute Gasteiger partial charge is 0.231 e. The molecule has 1 atom stereocenters. The Morgan fingerprint density at radius 2 is 2.31 bits per heavy atom. The molecule has 0 saturated carbocycles. The first-order valence-electron chi connectivity index (χ1n) is 8.32. The molecule has 1 fully saturated rings. The van der Waals surface area contributed by atoms with Crippen LogP contribution in [0.15, 0.2) is 28.6 Å². The molecule has 0 bridgehead atoms. The minimum Gasteiger partial charge on any atom is -0.497 e. The lowest BCUT2D eigenvalue weighted by molar-refractivity contribution is -0.122. The number of amides is 2. The van der Waals surface area contributed by atoms with Gasteiger partial charge in [0.05, 0.1) is 13.0 Å². The molecule has 2 aromatic rings. The van der Waals surface area contributed by atoms with Crippen molar-refractivity contribution >= 4 is 45.7 Å². The molecular formula is C17H20N4O3S2. The Labute approximate surface area is 160 Å². The molecule has 0 unspecified atom stereocenters. The maximum absolute atomic E-state index is 12.5. The van der Waals surface area contributed by atoms with Gasteiger partial charge in [-0.1, -0.05) is 36.1 Å². The summed E-state index contributed by atoms with van der Waals surface area (Å²) in [6.07, 6.45) is 1.23. The molecule has 0 radical (unpaired) electrons. The second-order valence-corrected chi connectivity index (χ2v) is 8.14. The van der Waals surface area contributed by atoms with Gasteiger partial charge >= 0.3 is 0 Å². The molecule has 1 aromatic carbocycles. The summed E-state index contributed by atoms with van der Waals surface area (Å²) in [5.74, 6) is 0.954.